The number of piperidine rings is 1. The number of hydrogen-bond acceptors (Lipinski definition) is 6. The second kappa shape index (κ2) is 7.90. The first-order valence-electron chi connectivity index (χ1n) is 12.0. The number of H-pyrrole nitrogens is 1. The third kappa shape index (κ3) is 3.76. The van der Waals surface area contributed by atoms with E-state index in [0.717, 1.165) is 92.0 Å². The second-order valence-corrected chi connectivity index (χ2v) is 9.54. The molecule has 0 spiro atoms. The van der Waals surface area contributed by atoms with Crippen LogP contribution in [-0.2, 0) is 11.2 Å². The largest absolute Gasteiger partial charge is 0.445 e. The Kier molecular flexibility index (Phi) is 4.88. The summed E-state index contributed by atoms with van der Waals surface area (Å²) < 4.78 is 5.84. The van der Waals surface area contributed by atoms with Gasteiger partial charge in [0.05, 0.1) is 18.0 Å². The van der Waals surface area contributed by atoms with E-state index in [2.05, 4.69) is 9.88 Å². The summed E-state index contributed by atoms with van der Waals surface area (Å²) in [6.45, 7) is 5.50. The fourth-order valence-corrected chi connectivity index (χ4v) is 5.05. The molecule has 8 nitrogen and oxygen atoms in total. The number of hydrogen-bond donors (Lipinski definition) is 1. The van der Waals surface area contributed by atoms with Crippen LogP contribution >= 0.6 is 0 Å². The summed E-state index contributed by atoms with van der Waals surface area (Å²) in [4.78, 5) is 34.8. The van der Waals surface area contributed by atoms with Gasteiger partial charge in [0, 0.05) is 32.1 Å². The lowest BCUT2D eigenvalue weighted by molar-refractivity contribution is -0.134. The molecule has 1 unspecified atom stereocenters. The van der Waals surface area contributed by atoms with Gasteiger partial charge >= 0.3 is 0 Å². The molecule has 8 heteroatoms. The number of imidazole rings is 1. The molecule has 3 aromatic heterocycles. The SMILES string of the molecule is Cc1oc(C2CC2)nc1Cc1nc2ccc(N3CCCC(C(=O)N4CCCC4)C3)nc2[nH]1. The van der Waals surface area contributed by atoms with Crippen molar-refractivity contribution in [1.29, 1.82) is 0 Å². The van der Waals surface area contributed by atoms with Crippen LogP contribution in [0.5, 0.6) is 0 Å². The van der Waals surface area contributed by atoms with Gasteiger partial charge in [0.2, 0.25) is 5.91 Å². The smallest absolute Gasteiger partial charge is 0.227 e. The average Bonchev–Trinajstić information content (AvgIpc) is 3.19. The highest BCUT2D eigenvalue weighted by Gasteiger charge is 2.31. The van der Waals surface area contributed by atoms with Crippen molar-refractivity contribution >= 4 is 22.9 Å². The molecule has 3 aromatic rings. The molecular weight excluding hydrogens is 404 g/mol. The average molecular weight is 435 g/mol. The van der Waals surface area contributed by atoms with Crippen molar-refractivity contribution in [3.05, 3.63) is 35.3 Å². The topological polar surface area (TPSA) is 91.2 Å². The van der Waals surface area contributed by atoms with E-state index in [9.17, 15) is 4.79 Å². The number of amides is 1. The lowest BCUT2D eigenvalue weighted by Gasteiger charge is -2.34. The summed E-state index contributed by atoms with van der Waals surface area (Å²) in [6, 6.07) is 4.05. The highest BCUT2D eigenvalue weighted by molar-refractivity contribution is 5.80. The van der Waals surface area contributed by atoms with Crippen LogP contribution in [-0.4, -0.2) is 56.9 Å². The molecule has 168 valence electrons. The number of aromatic amines is 1. The second-order valence-electron chi connectivity index (χ2n) is 9.54. The minimum Gasteiger partial charge on any atom is -0.445 e. The molecule has 2 saturated heterocycles. The third-order valence-corrected chi connectivity index (χ3v) is 7.06. The maximum atomic E-state index is 12.9. The van der Waals surface area contributed by atoms with Crippen LogP contribution in [0, 0.1) is 12.8 Å². The number of likely N-dealkylation sites (tertiary alicyclic amines) is 1. The summed E-state index contributed by atoms with van der Waals surface area (Å²) in [7, 11) is 0. The maximum Gasteiger partial charge on any atom is 0.227 e. The molecule has 1 aliphatic carbocycles. The van der Waals surface area contributed by atoms with Crippen LogP contribution in [0.2, 0.25) is 0 Å². The molecule has 1 saturated carbocycles. The molecular formula is C24H30N6O2. The number of nitrogens with one attached hydrogen (secondary N) is 1. The Morgan fingerprint density at radius 3 is 2.75 bits per heavy atom. The molecule has 0 radical (unpaired) electrons. The minimum absolute atomic E-state index is 0.0764. The van der Waals surface area contributed by atoms with E-state index in [1.165, 1.54) is 12.8 Å². The molecule has 1 amide bonds. The van der Waals surface area contributed by atoms with Crippen LogP contribution in [0.15, 0.2) is 16.5 Å². The summed E-state index contributed by atoms with van der Waals surface area (Å²) >= 11 is 0. The monoisotopic (exact) mass is 434 g/mol. The summed E-state index contributed by atoms with van der Waals surface area (Å²) in [5.74, 6) is 4.43. The number of carbonyl (C=O) groups excluding carboxylic acids is 1. The van der Waals surface area contributed by atoms with E-state index in [-0.39, 0.29) is 5.92 Å². The van der Waals surface area contributed by atoms with Crippen molar-refractivity contribution in [3.8, 4) is 0 Å². The summed E-state index contributed by atoms with van der Waals surface area (Å²) in [5.41, 5.74) is 2.59. The Morgan fingerprint density at radius 2 is 1.94 bits per heavy atom. The molecule has 1 atom stereocenters. The van der Waals surface area contributed by atoms with Crippen LogP contribution in [0.3, 0.4) is 0 Å². The van der Waals surface area contributed by atoms with Gasteiger partial charge in [0.25, 0.3) is 0 Å². The van der Waals surface area contributed by atoms with Gasteiger partial charge in [-0.2, -0.15) is 0 Å². The number of oxazole rings is 1. The van der Waals surface area contributed by atoms with Gasteiger partial charge in [-0.3, -0.25) is 4.79 Å². The zero-order valence-corrected chi connectivity index (χ0v) is 18.6. The minimum atomic E-state index is 0.0764. The number of pyridine rings is 1. The predicted octanol–water partition coefficient (Wildman–Crippen LogP) is 3.56. The fraction of sp³-hybridized carbons (Fsp3) is 0.583. The Hall–Kier alpha value is -2.90. The number of fused-ring (bicyclic) bond motifs is 1. The van der Waals surface area contributed by atoms with E-state index in [1.807, 2.05) is 24.0 Å². The molecule has 32 heavy (non-hydrogen) atoms. The lowest BCUT2D eigenvalue weighted by atomic mass is 9.96. The van der Waals surface area contributed by atoms with Gasteiger partial charge in [-0.05, 0) is 57.6 Å². The van der Waals surface area contributed by atoms with Crippen molar-refractivity contribution in [2.45, 2.75) is 57.8 Å². The lowest BCUT2D eigenvalue weighted by Crippen LogP contribution is -2.44. The van der Waals surface area contributed by atoms with Crippen molar-refractivity contribution in [2.75, 3.05) is 31.1 Å². The first kappa shape index (κ1) is 19.8. The van der Waals surface area contributed by atoms with Crippen molar-refractivity contribution in [1.82, 2.24) is 24.8 Å². The first-order valence-corrected chi connectivity index (χ1v) is 12.0. The molecule has 0 bridgehead atoms. The highest BCUT2D eigenvalue weighted by Crippen LogP contribution is 2.40. The van der Waals surface area contributed by atoms with Gasteiger partial charge in [-0.25, -0.2) is 15.0 Å². The number of nitrogens with zero attached hydrogens (tertiary/aromatic N) is 5. The number of anilines is 1. The fourth-order valence-electron chi connectivity index (χ4n) is 5.05. The molecule has 5 heterocycles. The Bertz CT molecular complexity index is 1140. The van der Waals surface area contributed by atoms with E-state index in [0.29, 0.717) is 18.2 Å². The van der Waals surface area contributed by atoms with Gasteiger partial charge in [-0.1, -0.05) is 0 Å². The maximum absolute atomic E-state index is 12.9. The molecule has 1 N–H and O–H groups in total. The van der Waals surface area contributed by atoms with Crippen molar-refractivity contribution < 1.29 is 9.21 Å². The standard InChI is InChI=1S/C24H30N6O2/c1-15-19(26-23(32-15)16-6-7-16)13-20-25-18-8-9-21(28-22(18)27-20)30-12-4-5-17(14-30)24(31)29-10-2-3-11-29/h8-9,16-17H,2-7,10-14H2,1H3,(H,25,27,28). The van der Waals surface area contributed by atoms with E-state index < -0.39 is 0 Å². The zero-order chi connectivity index (χ0) is 21.7. The van der Waals surface area contributed by atoms with Crippen LogP contribution in [0.1, 0.15) is 67.6 Å². The quantitative estimate of drug-likeness (QED) is 0.660. The predicted molar refractivity (Wildman–Crippen MR) is 121 cm³/mol. The van der Waals surface area contributed by atoms with Crippen LogP contribution < -0.4 is 4.90 Å². The van der Waals surface area contributed by atoms with Gasteiger partial charge in [0.15, 0.2) is 11.5 Å². The van der Waals surface area contributed by atoms with E-state index >= 15 is 0 Å². The van der Waals surface area contributed by atoms with E-state index in [4.69, 9.17) is 19.4 Å². The number of carbonyl (C=O) groups is 1. The normalized spacial score (nSPS) is 21.6. The number of aromatic nitrogens is 4. The Balaban J connectivity index is 1.18. The highest BCUT2D eigenvalue weighted by atomic mass is 16.4. The molecule has 3 aliphatic rings. The molecule has 6 rings (SSSR count). The first-order chi connectivity index (χ1) is 15.6. The van der Waals surface area contributed by atoms with Crippen LogP contribution in [0.25, 0.3) is 11.2 Å². The van der Waals surface area contributed by atoms with Crippen molar-refractivity contribution in [3.63, 3.8) is 0 Å². The third-order valence-electron chi connectivity index (χ3n) is 7.06. The number of rotatable bonds is 5. The number of aryl methyl sites for hydroxylation is 1. The van der Waals surface area contributed by atoms with Gasteiger partial charge in [0.1, 0.15) is 22.9 Å². The summed E-state index contributed by atoms with van der Waals surface area (Å²) in [5, 5.41) is 0. The Labute approximate surface area is 187 Å². The molecule has 3 fully saturated rings. The van der Waals surface area contributed by atoms with Crippen molar-refractivity contribution in [2.24, 2.45) is 5.92 Å². The Morgan fingerprint density at radius 1 is 1.09 bits per heavy atom. The van der Waals surface area contributed by atoms with Gasteiger partial charge < -0.3 is 19.2 Å². The zero-order valence-electron chi connectivity index (χ0n) is 18.6. The molecule has 2 aliphatic heterocycles. The molecule has 0 aromatic carbocycles. The van der Waals surface area contributed by atoms with E-state index in [1.54, 1.807) is 0 Å². The summed E-state index contributed by atoms with van der Waals surface area (Å²) in [6.07, 6.45) is 7.24. The van der Waals surface area contributed by atoms with Crippen LogP contribution in [0.4, 0.5) is 5.82 Å². The van der Waals surface area contributed by atoms with Gasteiger partial charge in [-0.15, -0.1) is 0 Å².